The van der Waals surface area contributed by atoms with Gasteiger partial charge in [-0.05, 0) is 55.2 Å². The lowest BCUT2D eigenvalue weighted by molar-refractivity contribution is 0.284. The zero-order valence-corrected chi connectivity index (χ0v) is 19.1. The van der Waals surface area contributed by atoms with Gasteiger partial charge in [-0.2, -0.15) is 0 Å². The highest BCUT2D eigenvalue weighted by Gasteiger charge is 2.14. The van der Waals surface area contributed by atoms with Crippen molar-refractivity contribution in [3.63, 3.8) is 0 Å². The van der Waals surface area contributed by atoms with Gasteiger partial charge in [0, 0.05) is 18.2 Å². The van der Waals surface area contributed by atoms with E-state index in [0.717, 1.165) is 18.4 Å². The summed E-state index contributed by atoms with van der Waals surface area (Å²) >= 11 is 12.6. The predicted octanol–water partition coefficient (Wildman–Crippen LogP) is 6.83. The van der Waals surface area contributed by atoms with Crippen molar-refractivity contribution >= 4 is 23.2 Å². The molecule has 0 fully saturated rings. The lowest BCUT2D eigenvalue weighted by Gasteiger charge is -2.17. The summed E-state index contributed by atoms with van der Waals surface area (Å²) in [7, 11) is 1.57. The largest absolute Gasteiger partial charge is 0.493 e. The van der Waals surface area contributed by atoms with Crippen LogP contribution in [0.15, 0.2) is 60.7 Å². The summed E-state index contributed by atoms with van der Waals surface area (Å²) in [5, 5.41) is 4.29. The molecule has 0 aliphatic carbocycles. The molecule has 3 aromatic carbocycles. The number of aryl methyl sites for hydroxylation is 1. The highest BCUT2D eigenvalue weighted by molar-refractivity contribution is 6.32. The van der Waals surface area contributed by atoms with Gasteiger partial charge in [-0.15, -0.1) is 0 Å². The molecule has 0 saturated heterocycles. The number of hydrogen-bond donors (Lipinski definition) is 1. The Labute approximate surface area is 193 Å². The Morgan fingerprint density at radius 2 is 1.74 bits per heavy atom. The van der Waals surface area contributed by atoms with Gasteiger partial charge >= 0.3 is 0 Å². The van der Waals surface area contributed by atoms with Gasteiger partial charge in [0.15, 0.2) is 11.5 Å². The average Bonchev–Trinajstić information content (AvgIpc) is 2.77. The molecular weight excluding hydrogens is 436 g/mol. The van der Waals surface area contributed by atoms with E-state index in [0.29, 0.717) is 39.7 Å². The monoisotopic (exact) mass is 461 g/mol. The highest BCUT2D eigenvalue weighted by Crippen LogP contribution is 2.37. The topological polar surface area (TPSA) is 30.5 Å². The molecule has 0 radical (unpaired) electrons. The number of hydrogen-bond acceptors (Lipinski definition) is 3. The van der Waals surface area contributed by atoms with E-state index in [9.17, 15) is 4.39 Å². The van der Waals surface area contributed by atoms with Crippen LogP contribution in [0.25, 0.3) is 0 Å². The Kier molecular flexibility index (Phi) is 8.59. The molecule has 0 heterocycles. The van der Waals surface area contributed by atoms with Crippen molar-refractivity contribution in [2.75, 3.05) is 7.11 Å². The van der Waals surface area contributed by atoms with Crippen LogP contribution < -0.4 is 14.8 Å². The Morgan fingerprint density at radius 1 is 0.968 bits per heavy atom. The van der Waals surface area contributed by atoms with Crippen LogP contribution >= 0.6 is 23.2 Å². The molecular formula is C25H26Cl2FNO2. The minimum absolute atomic E-state index is 0.156. The van der Waals surface area contributed by atoms with E-state index in [-0.39, 0.29) is 12.4 Å². The van der Waals surface area contributed by atoms with E-state index in [1.807, 2.05) is 18.2 Å². The third kappa shape index (κ3) is 6.86. The van der Waals surface area contributed by atoms with Crippen molar-refractivity contribution in [2.45, 2.75) is 39.0 Å². The number of methoxy groups -OCH3 is 1. The zero-order chi connectivity index (χ0) is 22.2. The molecule has 0 aliphatic rings. The first-order valence-electron chi connectivity index (χ1n) is 10.2. The third-order valence-corrected chi connectivity index (χ3v) is 5.67. The number of rotatable bonds is 10. The molecule has 0 aromatic heterocycles. The molecule has 0 saturated carbocycles. The molecule has 1 atom stereocenters. The first-order chi connectivity index (χ1) is 15.0. The molecule has 0 spiro atoms. The van der Waals surface area contributed by atoms with Gasteiger partial charge in [-0.1, -0.05) is 59.6 Å². The first kappa shape index (κ1) is 23.4. The van der Waals surface area contributed by atoms with Crippen molar-refractivity contribution in [1.82, 2.24) is 5.32 Å². The van der Waals surface area contributed by atoms with E-state index < -0.39 is 0 Å². The smallest absolute Gasteiger partial charge is 0.180 e. The van der Waals surface area contributed by atoms with Crippen molar-refractivity contribution in [3.8, 4) is 11.5 Å². The van der Waals surface area contributed by atoms with Crippen LogP contribution in [0.5, 0.6) is 11.5 Å². The fraction of sp³-hybridized carbons (Fsp3) is 0.280. The Morgan fingerprint density at radius 3 is 2.45 bits per heavy atom. The SMILES string of the molecule is COc1cc(CN[C@@H](C)CCc2ccccc2)cc(Cl)c1OCc1ccc(F)cc1Cl. The normalized spacial score (nSPS) is 11.9. The van der Waals surface area contributed by atoms with E-state index in [2.05, 4.69) is 36.5 Å². The number of nitrogens with one attached hydrogen (secondary N) is 1. The van der Waals surface area contributed by atoms with Crippen molar-refractivity contribution in [2.24, 2.45) is 0 Å². The standard InChI is InChI=1S/C25H26Cl2FNO2/c1-17(8-9-18-6-4-3-5-7-18)29-15-19-12-23(27)25(24(13-19)30-2)31-16-20-10-11-21(28)14-22(20)26/h3-7,10-14,17,29H,8-9,15-16H2,1-2H3/t17-/m0/s1. The van der Waals surface area contributed by atoms with Gasteiger partial charge < -0.3 is 14.8 Å². The summed E-state index contributed by atoms with van der Waals surface area (Å²) in [6.45, 7) is 2.99. The molecule has 3 rings (SSSR count). The Bertz CT molecular complexity index is 998. The van der Waals surface area contributed by atoms with Crippen LogP contribution in [-0.4, -0.2) is 13.2 Å². The van der Waals surface area contributed by atoms with Crippen LogP contribution in [0.2, 0.25) is 10.0 Å². The van der Waals surface area contributed by atoms with E-state index >= 15 is 0 Å². The van der Waals surface area contributed by atoms with Gasteiger partial charge in [0.05, 0.1) is 17.2 Å². The van der Waals surface area contributed by atoms with Gasteiger partial charge in [0.25, 0.3) is 0 Å². The maximum absolute atomic E-state index is 13.2. The predicted molar refractivity (Wildman–Crippen MR) is 125 cm³/mol. The van der Waals surface area contributed by atoms with Crippen LogP contribution in [0, 0.1) is 5.82 Å². The number of halogens is 3. The molecule has 6 heteroatoms. The van der Waals surface area contributed by atoms with Crippen LogP contribution in [0.3, 0.4) is 0 Å². The Hall–Kier alpha value is -2.27. The second kappa shape index (κ2) is 11.4. The minimum atomic E-state index is -0.390. The fourth-order valence-corrected chi connectivity index (χ4v) is 3.74. The molecule has 0 bridgehead atoms. The summed E-state index contributed by atoms with van der Waals surface area (Å²) in [6.07, 6.45) is 2.06. The molecule has 0 aliphatic heterocycles. The fourth-order valence-electron chi connectivity index (χ4n) is 3.23. The molecule has 164 valence electrons. The molecule has 31 heavy (non-hydrogen) atoms. The quantitative estimate of drug-likeness (QED) is 0.358. The summed E-state index contributed by atoms with van der Waals surface area (Å²) in [5.74, 6) is 0.587. The number of benzene rings is 3. The summed E-state index contributed by atoms with van der Waals surface area (Å²) in [4.78, 5) is 0. The minimum Gasteiger partial charge on any atom is -0.493 e. The summed E-state index contributed by atoms with van der Waals surface area (Å²) in [5.41, 5.74) is 3.00. The molecule has 0 amide bonds. The van der Waals surface area contributed by atoms with Gasteiger partial charge in [-0.25, -0.2) is 4.39 Å². The van der Waals surface area contributed by atoms with Crippen molar-refractivity contribution in [3.05, 3.63) is 93.2 Å². The van der Waals surface area contributed by atoms with E-state index in [4.69, 9.17) is 32.7 Å². The molecule has 0 unspecified atom stereocenters. The molecule has 3 aromatic rings. The lowest BCUT2D eigenvalue weighted by atomic mass is 10.1. The first-order valence-corrected chi connectivity index (χ1v) is 10.9. The summed E-state index contributed by atoms with van der Waals surface area (Å²) < 4.78 is 24.6. The van der Waals surface area contributed by atoms with Crippen LogP contribution in [-0.2, 0) is 19.6 Å². The Balaban J connectivity index is 1.59. The lowest BCUT2D eigenvalue weighted by Crippen LogP contribution is -2.26. The van der Waals surface area contributed by atoms with E-state index in [1.54, 1.807) is 13.2 Å². The highest BCUT2D eigenvalue weighted by atomic mass is 35.5. The molecule has 3 nitrogen and oxygen atoms in total. The van der Waals surface area contributed by atoms with Gasteiger partial charge in [0.2, 0.25) is 0 Å². The summed E-state index contributed by atoms with van der Waals surface area (Å²) in [6, 6.07) is 18.8. The van der Waals surface area contributed by atoms with Crippen molar-refractivity contribution in [1.29, 1.82) is 0 Å². The van der Waals surface area contributed by atoms with Crippen LogP contribution in [0.1, 0.15) is 30.0 Å². The van der Waals surface area contributed by atoms with Gasteiger partial charge in [0.1, 0.15) is 12.4 Å². The maximum atomic E-state index is 13.2. The van der Waals surface area contributed by atoms with Gasteiger partial charge in [-0.3, -0.25) is 0 Å². The van der Waals surface area contributed by atoms with E-state index in [1.165, 1.54) is 17.7 Å². The maximum Gasteiger partial charge on any atom is 0.180 e. The second-order valence-corrected chi connectivity index (χ2v) is 8.25. The zero-order valence-electron chi connectivity index (χ0n) is 17.6. The molecule has 1 N–H and O–H groups in total. The third-order valence-electron chi connectivity index (χ3n) is 5.04. The second-order valence-electron chi connectivity index (χ2n) is 7.44. The average molecular weight is 462 g/mol. The van der Waals surface area contributed by atoms with Crippen molar-refractivity contribution < 1.29 is 13.9 Å². The number of ether oxygens (including phenoxy) is 2. The van der Waals surface area contributed by atoms with Crippen LogP contribution in [0.4, 0.5) is 4.39 Å².